The van der Waals surface area contributed by atoms with Gasteiger partial charge in [-0.05, 0) is 13.0 Å². The number of hydrogen-bond donors (Lipinski definition) is 2. The van der Waals surface area contributed by atoms with Crippen molar-refractivity contribution in [1.82, 2.24) is 15.5 Å². The largest absolute Gasteiger partial charge is 0.505 e. The van der Waals surface area contributed by atoms with E-state index < -0.39 is 0 Å². The van der Waals surface area contributed by atoms with E-state index in [1.54, 1.807) is 13.0 Å². The first kappa shape index (κ1) is 11.1. The van der Waals surface area contributed by atoms with Gasteiger partial charge in [0, 0.05) is 12.3 Å². The van der Waals surface area contributed by atoms with E-state index in [-0.39, 0.29) is 23.8 Å². The van der Waals surface area contributed by atoms with Crippen LogP contribution in [0.2, 0.25) is 0 Å². The molecule has 0 bridgehead atoms. The summed E-state index contributed by atoms with van der Waals surface area (Å²) in [5.74, 6) is 0.0158. The van der Waals surface area contributed by atoms with E-state index in [0.717, 1.165) is 5.69 Å². The van der Waals surface area contributed by atoms with Gasteiger partial charge in [-0.2, -0.15) is 0 Å². The average Bonchev–Trinajstić information content (AvgIpc) is 2.73. The summed E-state index contributed by atoms with van der Waals surface area (Å²) in [7, 11) is 0. The van der Waals surface area contributed by atoms with E-state index in [9.17, 15) is 9.90 Å². The molecule has 0 atom stereocenters. The Balaban J connectivity index is 2.01. The molecule has 88 valence electrons. The summed E-state index contributed by atoms with van der Waals surface area (Å²) in [6.45, 7) is 2.02. The fourth-order valence-electron chi connectivity index (χ4n) is 1.34. The van der Waals surface area contributed by atoms with Crippen LogP contribution in [0.5, 0.6) is 5.75 Å². The molecule has 2 N–H and O–H groups in total. The van der Waals surface area contributed by atoms with Crippen LogP contribution < -0.4 is 5.32 Å². The molecule has 0 fully saturated rings. The molecule has 2 heterocycles. The molecule has 1 amide bonds. The van der Waals surface area contributed by atoms with E-state index >= 15 is 0 Å². The Morgan fingerprint density at radius 1 is 1.59 bits per heavy atom. The van der Waals surface area contributed by atoms with Crippen molar-refractivity contribution in [1.29, 1.82) is 0 Å². The molecule has 6 nitrogen and oxygen atoms in total. The second kappa shape index (κ2) is 4.65. The van der Waals surface area contributed by atoms with Gasteiger partial charge < -0.3 is 14.9 Å². The second-order valence-corrected chi connectivity index (χ2v) is 3.51. The normalized spacial score (nSPS) is 10.2. The van der Waals surface area contributed by atoms with E-state index in [1.165, 1.54) is 18.5 Å². The Morgan fingerprint density at radius 2 is 2.41 bits per heavy atom. The maximum absolute atomic E-state index is 11.7. The zero-order valence-electron chi connectivity index (χ0n) is 9.17. The first-order chi connectivity index (χ1) is 8.16. The molecular weight excluding hydrogens is 222 g/mol. The summed E-state index contributed by atoms with van der Waals surface area (Å²) < 4.78 is 4.94. The monoisotopic (exact) mass is 233 g/mol. The van der Waals surface area contributed by atoms with Gasteiger partial charge in [0.1, 0.15) is 5.75 Å². The zero-order chi connectivity index (χ0) is 12.3. The molecule has 0 unspecified atom stereocenters. The summed E-state index contributed by atoms with van der Waals surface area (Å²) in [6, 6.07) is 3.17. The van der Waals surface area contributed by atoms with Gasteiger partial charge in [-0.25, -0.2) is 0 Å². The van der Waals surface area contributed by atoms with Crippen LogP contribution in [0.3, 0.4) is 0 Å². The SMILES string of the molecule is Cc1cc(CNC(=O)c2ccncc2O)on1. The van der Waals surface area contributed by atoms with Gasteiger partial charge >= 0.3 is 0 Å². The summed E-state index contributed by atoms with van der Waals surface area (Å²) in [4.78, 5) is 15.4. The molecule has 2 rings (SSSR count). The van der Waals surface area contributed by atoms with Gasteiger partial charge in [0.2, 0.25) is 0 Å². The van der Waals surface area contributed by atoms with Crippen molar-refractivity contribution >= 4 is 5.91 Å². The Labute approximate surface area is 97.3 Å². The number of aromatic hydroxyl groups is 1. The molecule has 17 heavy (non-hydrogen) atoms. The number of rotatable bonds is 3. The van der Waals surface area contributed by atoms with E-state index in [2.05, 4.69) is 15.5 Å². The molecule has 0 saturated heterocycles. The molecule has 0 saturated carbocycles. The Hall–Kier alpha value is -2.37. The lowest BCUT2D eigenvalue weighted by atomic mass is 10.2. The molecule has 6 heteroatoms. The van der Waals surface area contributed by atoms with Crippen LogP contribution in [0.15, 0.2) is 29.0 Å². The fraction of sp³-hybridized carbons (Fsp3) is 0.182. The molecule has 2 aromatic rings. The molecule has 0 radical (unpaired) electrons. The number of carbonyl (C=O) groups is 1. The van der Waals surface area contributed by atoms with Crippen molar-refractivity contribution < 1.29 is 14.4 Å². The number of hydrogen-bond acceptors (Lipinski definition) is 5. The summed E-state index contributed by atoms with van der Waals surface area (Å²) in [5, 5.41) is 15.7. The number of amides is 1. The molecule has 0 aliphatic carbocycles. The van der Waals surface area contributed by atoms with E-state index in [0.29, 0.717) is 5.76 Å². The van der Waals surface area contributed by atoms with Crippen LogP contribution in [0.4, 0.5) is 0 Å². The van der Waals surface area contributed by atoms with Crippen LogP contribution in [0, 0.1) is 6.92 Å². The summed E-state index contributed by atoms with van der Waals surface area (Å²) >= 11 is 0. The highest BCUT2D eigenvalue weighted by atomic mass is 16.5. The number of nitrogens with one attached hydrogen (secondary N) is 1. The first-order valence-corrected chi connectivity index (χ1v) is 5.00. The Kier molecular flexibility index (Phi) is 3.04. The van der Waals surface area contributed by atoms with Crippen molar-refractivity contribution in [2.45, 2.75) is 13.5 Å². The van der Waals surface area contributed by atoms with Crippen molar-refractivity contribution in [3.05, 3.63) is 41.5 Å². The third-order valence-corrected chi connectivity index (χ3v) is 2.14. The highest BCUT2D eigenvalue weighted by Crippen LogP contribution is 2.13. The number of nitrogens with zero attached hydrogens (tertiary/aromatic N) is 2. The third-order valence-electron chi connectivity index (χ3n) is 2.14. The van der Waals surface area contributed by atoms with Crippen LogP contribution in [-0.4, -0.2) is 21.2 Å². The predicted octanol–water partition coefficient (Wildman–Crippen LogP) is 1.01. The van der Waals surface area contributed by atoms with Gasteiger partial charge in [-0.3, -0.25) is 9.78 Å². The summed E-state index contributed by atoms with van der Waals surface area (Å²) in [6.07, 6.45) is 2.65. The summed E-state index contributed by atoms with van der Waals surface area (Å²) in [5.41, 5.74) is 0.928. The number of pyridine rings is 1. The average molecular weight is 233 g/mol. The fourth-order valence-corrected chi connectivity index (χ4v) is 1.34. The van der Waals surface area contributed by atoms with Crippen molar-refractivity contribution in [3.63, 3.8) is 0 Å². The lowest BCUT2D eigenvalue weighted by molar-refractivity contribution is 0.0944. The Morgan fingerprint density at radius 3 is 3.06 bits per heavy atom. The quantitative estimate of drug-likeness (QED) is 0.826. The second-order valence-electron chi connectivity index (χ2n) is 3.51. The highest BCUT2D eigenvalue weighted by molar-refractivity contribution is 5.96. The van der Waals surface area contributed by atoms with E-state index in [1.807, 2.05) is 0 Å². The lowest BCUT2D eigenvalue weighted by Gasteiger charge is -2.03. The number of aromatic nitrogens is 2. The van der Waals surface area contributed by atoms with Crippen molar-refractivity contribution in [2.75, 3.05) is 0 Å². The van der Waals surface area contributed by atoms with Gasteiger partial charge in [0.25, 0.3) is 5.91 Å². The molecule has 0 spiro atoms. The van der Waals surface area contributed by atoms with Crippen molar-refractivity contribution in [3.8, 4) is 5.75 Å². The minimum absolute atomic E-state index is 0.154. The van der Waals surface area contributed by atoms with Gasteiger partial charge in [0.05, 0.1) is 24.0 Å². The maximum atomic E-state index is 11.7. The van der Waals surface area contributed by atoms with Crippen LogP contribution >= 0.6 is 0 Å². The number of aryl methyl sites for hydroxylation is 1. The molecule has 0 aliphatic heterocycles. The minimum Gasteiger partial charge on any atom is -0.505 e. The number of carbonyl (C=O) groups excluding carboxylic acids is 1. The van der Waals surface area contributed by atoms with Gasteiger partial charge in [-0.1, -0.05) is 5.16 Å². The highest BCUT2D eigenvalue weighted by Gasteiger charge is 2.11. The minimum atomic E-state index is -0.390. The Bertz CT molecular complexity index is 536. The molecule has 0 aromatic carbocycles. The topological polar surface area (TPSA) is 88.2 Å². The smallest absolute Gasteiger partial charge is 0.255 e. The third kappa shape index (κ3) is 2.60. The predicted molar refractivity (Wildman–Crippen MR) is 58.3 cm³/mol. The zero-order valence-corrected chi connectivity index (χ0v) is 9.17. The van der Waals surface area contributed by atoms with Gasteiger partial charge in [0.15, 0.2) is 5.76 Å². The van der Waals surface area contributed by atoms with Crippen molar-refractivity contribution in [2.24, 2.45) is 0 Å². The van der Waals surface area contributed by atoms with E-state index in [4.69, 9.17) is 4.52 Å². The standard InChI is InChI=1S/C11H11N3O3/c1-7-4-8(17-14-7)5-13-11(16)9-2-3-12-6-10(9)15/h2-4,6,15H,5H2,1H3,(H,13,16). The molecule has 0 aliphatic rings. The molecular formula is C11H11N3O3. The van der Waals surface area contributed by atoms with Gasteiger partial charge in [-0.15, -0.1) is 0 Å². The van der Waals surface area contributed by atoms with Crippen LogP contribution in [-0.2, 0) is 6.54 Å². The van der Waals surface area contributed by atoms with Crippen LogP contribution in [0.1, 0.15) is 21.8 Å². The molecule has 2 aromatic heterocycles. The van der Waals surface area contributed by atoms with Crippen LogP contribution in [0.25, 0.3) is 0 Å². The maximum Gasteiger partial charge on any atom is 0.255 e. The lowest BCUT2D eigenvalue weighted by Crippen LogP contribution is -2.22. The first-order valence-electron chi connectivity index (χ1n) is 5.00.